The van der Waals surface area contributed by atoms with Crippen LogP contribution in [0, 0.1) is 0 Å². The molecule has 5 nitrogen and oxygen atoms in total. The summed E-state index contributed by atoms with van der Waals surface area (Å²) in [5.74, 6) is -0.927. The van der Waals surface area contributed by atoms with Crippen LogP contribution in [-0.4, -0.2) is 34.5 Å². The number of fused-ring (bicyclic) bond motifs is 3. The van der Waals surface area contributed by atoms with Crippen LogP contribution in [-0.2, 0) is 9.47 Å². The number of carbonyl (C=O) groups is 2. The third-order valence-corrected chi connectivity index (χ3v) is 4.04. The number of hydrogen-bond acceptors (Lipinski definition) is 5. The third-order valence-electron chi connectivity index (χ3n) is 4.04. The smallest absolute Gasteiger partial charge is 0.232 e. The van der Waals surface area contributed by atoms with Crippen LogP contribution >= 0.6 is 0 Å². The van der Waals surface area contributed by atoms with Crippen molar-refractivity contribution in [2.24, 2.45) is 0 Å². The summed E-state index contributed by atoms with van der Waals surface area (Å²) >= 11 is 0. The Hall–Kier alpha value is -2.14. The lowest BCUT2D eigenvalue weighted by atomic mass is 9.82. The van der Waals surface area contributed by atoms with E-state index in [9.17, 15) is 14.7 Å². The van der Waals surface area contributed by atoms with Gasteiger partial charge in [0, 0.05) is 5.56 Å². The molecule has 20 heavy (non-hydrogen) atoms. The predicted molar refractivity (Wildman–Crippen MR) is 67.6 cm³/mol. The molecule has 0 unspecified atom stereocenters. The molecule has 102 valence electrons. The van der Waals surface area contributed by atoms with E-state index in [-0.39, 0.29) is 46.2 Å². The first-order chi connectivity index (χ1) is 9.42. The quantitative estimate of drug-likeness (QED) is 0.726. The molecule has 5 heteroatoms. The van der Waals surface area contributed by atoms with Crippen LogP contribution in [0.25, 0.3) is 0 Å². The molecule has 3 aliphatic rings. The Kier molecular flexibility index (Phi) is 1.92. The average molecular weight is 272 g/mol. The monoisotopic (exact) mass is 272 g/mol. The average Bonchev–Trinajstić information content (AvgIpc) is 3.16. The first-order valence-corrected chi connectivity index (χ1v) is 6.42. The van der Waals surface area contributed by atoms with Gasteiger partial charge in [0.25, 0.3) is 0 Å². The van der Waals surface area contributed by atoms with Crippen molar-refractivity contribution in [1.82, 2.24) is 0 Å². The number of phenolic OH excluding ortho intramolecular Hbond substituents is 1. The number of benzene rings is 1. The molecule has 1 aromatic rings. The molecule has 2 aliphatic heterocycles. The van der Waals surface area contributed by atoms with Gasteiger partial charge in [-0.1, -0.05) is 12.1 Å². The summed E-state index contributed by atoms with van der Waals surface area (Å²) in [6.45, 7) is 3.64. The minimum Gasteiger partial charge on any atom is -0.507 e. The Morgan fingerprint density at radius 3 is 2.70 bits per heavy atom. The van der Waals surface area contributed by atoms with Gasteiger partial charge >= 0.3 is 0 Å². The lowest BCUT2D eigenvalue weighted by molar-refractivity contribution is 0.00524. The number of hydrogen-bond donors (Lipinski definition) is 1. The van der Waals surface area contributed by atoms with Gasteiger partial charge in [-0.05, 0) is 19.9 Å². The molecule has 0 aromatic heterocycles. The molecule has 0 amide bonds. The predicted octanol–water partition coefficient (Wildman–Crippen LogP) is 1.60. The summed E-state index contributed by atoms with van der Waals surface area (Å²) in [5.41, 5.74) is -0.128. The molecular weight excluding hydrogens is 260 g/mol. The molecule has 0 bridgehead atoms. The van der Waals surface area contributed by atoms with Crippen molar-refractivity contribution >= 4 is 11.6 Å². The van der Waals surface area contributed by atoms with Gasteiger partial charge in [-0.25, -0.2) is 0 Å². The van der Waals surface area contributed by atoms with Crippen LogP contribution in [0.4, 0.5) is 0 Å². The van der Waals surface area contributed by atoms with Gasteiger partial charge in [0.05, 0.1) is 11.1 Å². The summed E-state index contributed by atoms with van der Waals surface area (Å²) < 4.78 is 11.2. The van der Waals surface area contributed by atoms with Gasteiger partial charge in [-0.3, -0.25) is 9.59 Å². The van der Waals surface area contributed by atoms with E-state index in [4.69, 9.17) is 9.47 Å². The number of carbonyl (C=O) groups excluding carboxylic acids is 2. The van der Waals surface area contributed by atoms with Gasteiger partial charge in [-0.15, -0.1) is 0 Å². The highest BCUT2D eigenvalue weighted by Crippen LogP contribution is 2.49. The second-order valence-corrected chi connectivity index (χ2v) is 5.78. The molecule has 1 N–H and O–H groups in total. The molecule has 1 aromatic carbocycles. The highest BCUT2D eigenvalue weighted by Gasteiger charge is 2.61. The summed E-state index contributed by atoms with van der Waals surface area (Å²) in [6, 6.07) is 4.47. The minimum atomic E-state index is -0.651. The Labute approximate surface area is 114 Å². The molecule has 2 atom stereocenters. The minimum absolute atomic E-state index is 0.0196. The standard InChI is InChI=1S/C15H12O5/c1-15(2)14-13(19-14)9-10(17)6-4-3-5-7(16)8(6)11(18)12(9)20-15/h3-5,13-14,16H,1-2H3/t13-,14-/m0/s1. The summed E-state index contributed by atoms with van der Waals surface area (Å²) in [7, 11) is 0. The van der Waals surface area contributed by atoms with E-state index >= 15 is 0 Å². The van der Waals surface area contributed by atoms with E-state index in [1.165, 1.54) is 12.1 Å². The summed E-state index contributed by atoms with van der Waals surface area (Å²) in [5, 5.41) is 9.86. The van der Waals surface area contributed by atoms with E-state index in [1.807, 2.05) is 13.8 Å². The van der Waals surface area contributed by atoms with E-state index in [2.05, 4.69) is 0 Å². The van der Waals surface area contributed by atoms with E-state index in [1.54, 1.807) is 6.07 Å². The van der Waals surface area contributed by atoms with E-state index in [0.29, 0.717) is 0 Å². The molecular formula is C15H12O5. The lowest BCUT2D eigenvalue weighted by Crippen LogP contribution is -2.41. The van der Waals surface area contributed by atoms with Gasteiger partial charge < -0.3 is 14.6 Å². The molecule has 0 radical (unpaired) electrons. The molecule has 0 saturated carbocycles. The van der Waals surface area contributed by atoms with Crippen molar-refractivity contribution in [2.45, 2.75) is 31.7 Å². The van der Waals surface area contributed by atoms with Gasteiger partial charge in [0.1, 0.15) is 23.6 Å². The molecule has 0 spiro atoms. The Balaban J connectivity index is 1.95. The second kappa shape index (κ2) is 3.30. The van der Waals surface area contributed by atoms with Gasteiger partial charge in [-0.2, -0.15) is 0 Å². The van der Waals surface area contributed by atoms with Crippen molar-refractivity contribution in [3.05, 3.63) is 40.7 Å². The maximum absolute atomic E-state index is 12.5. The van der Waals surface area contributed by atoms with Gasteiger partial charge in [0.15, 0.2) is 11.5 Å². The molecule has 1 aliphatic carbocycles. The number of aromatic hydroxyl groups is 1. The Morgan fingerprint density at radius 1 is 1.20 bits per heavy atom. The summed E-state index contributed by atoms with van der Waals surface area (Å²) in [6.07, 6.45) is -0.572. The highest BCUT2D eigenvalue weighted by molar-refractivity contribution is 6.27. The third kappa shape index (κ3) is 1.25. The zero-order chi connectivity index (χ0) is 14.2. The number of phenols is 1. The van der Waals surface area contributed by atoms with E-state index < -0.39 is 11.4 Å². The highest BCUT2D eigenvalue weighted by atomic mass is 16.6. The van der Waals surface area contributed by atoms with Gasteiger partial charge in [0.2, 0.25) is 5.78 Å². The number of allylic oxidation sites excluding steroid dienone is 1. The fourth-order valence-electron chi connectivity index (χ4n) is 2.99. The second-order valence-electron chi connectivity index (χ2n) is 5.78. The van der Waals surface area contributed by atoms with Crippen molar-refractivity contribution in [1.29, 1.82) is 0 Å². The fraction of sp³-hybridized carbons (Fsp3) is 0.333. The topological polar surface area (TPSA) is 76.1 Å². The maximum Gasteiger partial charge on any atom is 0.232 e. The van der Waals surface area contributed by atoms with Crippen LogP contribution < -0.4 is 0 Å². The maximum atomic E-state index is 12.5. The normalized spacial score (nSPS) is 29.3. The van der Waals surface area contributed by atoms with Crippen molar-refractivity contribution in [3.63, 3.8) is 0 Å². The number of rotatable bonds is 0. The number of ether oxygens (including phenoxy) is 2. The first kappa shape index (κ1) is 11.7. The molecule has 1 fully saturated rings. The lowest BCUT2D eigenvalue weighted by Gasteiger charge is -2.32. The number of epoxide rings is 1. The number of ketones is 2. The van der Waals surface area contributed by atoms with Crippen molar-refractivity contribution in [3.8, 4) is 5.75 Å². The van der Waals surface area contributed by atoms with Crippen LogP contribution in [0.15, 0.2) is 29.5 Å². The summed E-state index contributed by atoms with van der Waals surface area (Å²) in [4.78, 5) is 25.0. The van der Waals surface area contributed by atoms with Crippen LogP contribution in [0.2, 0.25) is 0 Å². The van der Waals surface area contributed by atoms with Crippen LogP contribution in [0.3, 0.4) is 0 Å². The van der Waals surface area contributed by atoms with Crippen LogP contribution in [0.5, 0.6) is 5.75 Å². The zero-order valence-corrected chi connectivity index (χ0v) is 11.0. The number of Topliss-reactive ketones (excluding diaryl/α,β-unsaturated/α-hetero) is 2. The molecule has 1 saturated heterocycles. The van der Waals surface area contributed by atoms with Crippen LogP contribution in [0.1, 0.15) is 34.6 Å². The SMILES string of the molecule is CC1(C)OC2=C(C(=O)c3cccc(O)c3C2=O)[C@@H]2O[C@@H]21. The largest absolute Gasteiger partial charge is 0.507 e. The molecule has 2 heterocycles. The van der Waals surface area contributed by atoms with E-state index in [0.717, 1.165) is 0 Å². The Morgan fingerprint density at radius 2 is 1.95 bits per heavy atom. The Bertz CT molecular complexity index is 713. The van der Waals surface area contributed by atoms with Crippen molar-refractivity contribution < 1.29 is 24.2 Å². The zero-order valence-electron chi connectivity index (χ0n) is 11.0. The fourth-order valence-corrected chi connectivity index (χ4v) is 2.99. The first-order valence-electron chi connectivity index (χ1n) is 6.42. The molecule has 4 rings (SSSR count). The van der Waals surface area contributed by atoms with Crippen molar-refractivity contribution in [2.75, 3.05) is 0 Å².